The smallest absolute Gasteiger partial charge is 0.118 e. The van der Waals surface area contributed by atoms with E-state index < -0.39 is 0 Å². The molecule has 1 heteroatoms. The molecule has 0 radical (unpaired) electrons. The molecule has 1 aliphatic rings. The summed E-state index contributed by atoms with van der Waals surface area (Å²) in [5.41, 5.74) is 3.53. The molecule has 1 N–H and O–H groups in total. The predicted molar refractivity (Wildman–Crippen MR) is 70.5 cm³/mol. The lowest BCUT2D eigenvalue weighted by Crippen LogP contribution is -1.88. The normalized spacial score (nSPS) is 13.8. The average Bonchev–Trinajstić information content (AvgIpc) is 2.36. The van der Waals surface area contributed by atoms with Crippen molar-refractivity contribution >= 4 is 5.57 Å². The van der Waals surface area contributed by atoms with Crippen LogP contribution in [-0.4, -0.2) is 5.11 Å². The van der Waals surface area contributed by atoms with Gasteiger partial charge >= 0.3 is 0 Å². The van der Waals surface area contributed by atoms with Crippen molar-refractivity contribution in [1.82, 2.24) is 0 Å². The van der Waals surface area contributed by atoms with E-state index in [-0.39, 0.29) is 0 Å². The summed E-state index contributed by atoms with van der Waals surface area (Å²) in [4.78, 5) is 0. The largest absolute Gasteiger partial charge is 0.508 e. The van der Waals surface area contributed by atoms with Gasteiger partial charge in [0.25, 0.3) is 0 Å². The van der Waals surface area contributed by atoms with E-state index in [2.05, 4.69) is 18.2 Å². The Morgan fingerprint density at radius 1 is 1.19 bits per heavy atom. The van der Waals surface area contributed by atoms with Crippen molar-refractivity contribution in [2.75, 3.05) is 0 Å². The third-order valence-electron chi connectivity index (χ3n) is 2.58. The first-order chi connectivity index (χ1) is 7.77. The maximum atomic E-state index is 9.41. The zero-order valence-corrected chi connectivity index (χ0v) is 10.3. The summed E-state index contributed by atoms with van der Waals surface area (Å²) in [6.07, 6.45) is 8.64. The van der Waals surface area contributed by atoms with Gasteiger partial charge < -0.3 is 5.11 Å². The Morgan fingerprint density at radius 2 is 1.94 bits per heavy atom. The highest BCUT2D eigenvalue weighted by Crippen LogP contribution is 2.26. The van der Waals surface area contributed by atoms with E-state index in [1.807, 2.05) is 32.9 Å². The van der Waals surface area contributed by atoms with Crippen LogP contribution in [0.2, 0.25) is 0 Å². The summed E-state index contributed by atoms with van der Waals surface area (Å²) in [5.74, 6) is 0.376. The van der Waals surface area contributed by atoms with Gasteiger partial charge in [-0.15, -0.1) is 0 Å². The first-order valence-corrected chi connectivity index (χ1v) is 5.93. The molecule has 1 nitrogen and oxygen atoms in total. The molecule has 16 heavy (non-hydrogen) atoms. The predicted octanol–water partition coefficient (Wildman–Crippen LogP) is 4.46. The monoisotopic (exact) mass is 216 g/mol. The number of phenolic OH excluding ortho intramolecular Hbond substituents is 1. The molecule has 0 aromatic heterocycles. The van der Waals surface area contributed by atoms with Crippen LogP contribution in [0.25, 0.3) is 5.57 Å². The Hall–Kier alpha value is -1.50. The molecule has 0 spiro atoms. The summed E-state index contributed by atoms with van der Waals surface area (Å²) in [6, 6.07) is 5.79. The number of rotatable bonds is 1. The van der Waals surface area contributed by atoms with Crippen LogP contribution in [0.4, 0.5) is 0 Å². The Kier molecular flexibility index (Phi) is 4.84. The summed E-state index contributed by atoms with van der Waals surface area (Å²) in [7, 11) is 0. The Bertz CT molecular complexity index is 400. The van der Waals surface area contributed by atoms with E-state index >= 15 is 0 Å². The van der Waals surface area contributed by atoms with Crippen LogP contribution in [0.1, 0.15) is 37.8 Å². The fourth-order valence-electron chi connectivity index (χ4n) is 1.70. The van der Waals surface area contributed by atoms with Crippen LogP contribution in [-0.2, 0) is 0 Å². The molecule has 1 aromatic carbocycles. The Labute approximate surface area is 98.1 Å². The molecule has 0 amide bonds. The summed E-state index contributed by atoms with van der Waals surface area (Å²) in [6.45, 7) is 5.93. The third kappa shape index (κ3) is 2.99. The number of aromatic hydroxyl groups is 1. The van der Waals surface area contributed by atoms with Crippen molar-refractivity contribution in [3.05, 3.63) is 47.6 Å². The molecular formula is C15H20O. The van der Waals surface area contributed by atoms with Gasteiger partial charge in [-0.05, 0) is 48.6 Å². The lowest BCUT2D eigenvalue weighted by molar-refractivity contribution is 0.471. The second-order valence-electron chi connectivity index (χ2n) is 3.66. The summed E-state index contributed by atoms with van der Waals surface area (Å²) >= 11 is 0. The SMILES string of the molecule is CC.Cc1cc(C2=CC=CCC2)ccc1O. The van der Waals surface area contributed by atoms with E-state index in [4.69, 9.17) is 0 Å². The van der Waals surface area contributed by atoms with E-state index in [1.165, 1.54) is 11.1 Å². The van der Waals surface area contributed by atoms with Crippen LogP contribution < -0.4 is 0 Å². The fraction of sp³-hybridized carbons (Fsp3) is 0.333. The van der Waals surface area contributed by atoms with Crippen LogP contribution in [0.5, 0.6) is 5.75 Å². The highest BCUT2D eigenvalue weighted by Gasteiger charge is 2.04. The minimum atomic E-state index is 0.376. The number of phenols is 1. The van der Waals surface area contributed by atoms with Gasteiger partial charge in [0.2, 0.25) is 0 Å². The summed E-state index contributed by atoms with van der Waals surface area (Å²) < 4.78 is 0. The van der Waals surface area contributed by atoms with Gasteiger partial charge in [0.15, 0.2) is 0 Å². The van der Waals surface area contributed by atoms with E-state index in [9.17, 15) is 5.11 Å². The molecule has 1 aromatic rings. The van der Waals surface area contributed by atoms with E-state index in [1.54, 1.807) is 6.07 Å². The van der Waals surface area contributed by atoms with Crippen molar-refractivity contribution in [2.24, 2.45) is 0 Å². The topological polar surface area (TPSA) is 20.2 Å². The van der Waals surface area contributed by atoms with Gasteiger partial charge in [-0.1, -0.05) is 38.1 Å². The Morgan fingerprint density at radius 3 is 2.50 bits per heavy atom. The highest BCUT2D eigenvalue weighted by atomic mass is 16.3. The minimum Gasteiger partial charge on any atom is -0.508 e. The lowest BCUT2D eigenvalue weighted by Gasteiger charge is -2.10. The maximum absolute atomic E-state index is 9.41. The van der Waals surface area contributed by atoms with Gasteiger partial charge in [0.05, 0.1) is 0 Å². The second-order valence-corrected chi connectivity index (χ2v) is 3.66. The zero-order chi connectivity index (χ0) is 12.0. The molecule has 0 unspecified atom stereocenters. The zero-order valence-electron chi connectivity index (χ0n) is 10.3. The minimum absolute atomic E-state index is 0.376. The fourth-order valence-corrected chi connectivity index (χ4v) is 1.70. The quantitative estimate of drug-likeness (QED) is 0.734. The number of allylic oxidation sites excluding steroid dienone is 4. The second kappa shape index (κ2) is 6.16. The van der Waals surface area contributed by atoms with Gasteiger partial charge in [0.1, 0.15) is 5.75 Å². The Balaban J connectivity index is 0.000000606. The lowest BCUT2D eigenvalue weighted by atomic mass is 9.96. The third-order valence-corrected chi connectivity index (χ3v) is 2.58. The van der Waals surface area contributed by atoms with E-state index in [0.717, 1.165) is 18.4 Å². The van der Waals surface area contributed by atoms with Crippen molar-refractivity contribution in [3.63, 3.8) is 0 Å². The molecular weight excluding hydrogens is 196 g/mol. The standard InChI is InChI=1S/C13H14O.C2H6/c1-10-9-12(7-8-13(10)14)11-5-3-2-4-6-11;1-2/h2-3,5,7-9,14H,4,6H2,1H3;1-2H3. The average molecular weight is 216 g/mol. The molecule has 0 aliphatic heterocycles. The first kappa shape index (κ1) is 12.6. The number of hydrogen-bond acceptors (Lipinski definition) is 1. The van der Waals surface area contributed by atoms with Crippen molar-refractivity contribution in [2.45, 2.75) is 33.6 Å². The van der Waals surface area contributed by atoms with Crippen LogP contribution in [0.3, 0.4) is 0 Å². The van der Waals surface area contributed by atoms with Crippen LogP contribution >= 0.6 is 0 Å². The van der Waals surface area contributed by atoms with Gasteiger partial charge in [-0.3, -0.25) is 0 Å². The molecule has 0 fully saturated rings. The molecule has 0 bridgehead atoms. The van der Waals surface area contributed by atoms with E-state index in [0.29, 0.717) is 5.75 Å². The number of hydrogen-bond donors (Lipinski definition) is 1. The first-order valence-electron chi connectivity index (χ1n) is 5.93. The van der Waals surface area contributed by atoms with Crippen molar-refractivity contribution < 1.29 is 5.11 Å². The number of aryl methyl sites for hydroxylation is 1. The van der Waals surface area contributed by atoms with Gasteiger partial charge in [-0.25, -0.2) is 0 Å². The molecule has 0 atom stereocenters. The maximum Gasteiger partial charge on any atom is 0.118 e. The van der Waals surface area contributed by atoms with Gasteiger partial charge in [-0.2, -0.15) is 0 Å². The molecule has 0 saturated carbocycles. The highest BCUT2D eigenvalue weighted by molar-refractivity contribution is 5.69. The van der Waals surface area contributed by atoms with Crippen molar-refractivity contribution in [1.29, 1.82) is 0 Å². The van der Waals surface area contributed by atoms with Crippen LogP contribution in [0, 0.1) is 6.92 Å². The number of benzene rings is 1. The summed E-state index contributed by atoms with van der Waals surface area (Å²) in [5, 5.41) is 9.41. The molecule has 0 heterocycles. The molecule has 0 saturated heterocycles. The van der Waals surface area contributed by atoms with Crippen LogP contribution in [0.15, 0.2) is 36.4 Å². The van der Waals surface area contributed by atoms with Crippen molar-refractivity contribution in [3.8, 4) is 5.75 Å². The van der Waals surface area contributed by atoms with Gasteiger partial charge in [0, 0.05) is 0 Å². The molecule has 86 valence electrons. The molecule has 1 aliphatic carbocycles. The molecule has 2 rings (SSSR count).